The van der Waals surface area contributed by atoms with E-state index < -0.39 is 0 Å². The maximum absolute atomic E-state index is 12.3. The van der Waals surface area contributed by atoms with Crippen LogP contribution in [0.5, 0.6) is 0 Å². The second kappa shape index (κ2) is 8.15. The van der Waals surface area contributed by atoms with Crippen LogP contribution in [-0.4, -0.2) is 16.9 Å². The van der Waals surface area contributed by atoms with Gasteiger partial charge in [-0.25, -0.2) is 0 Å². The molecule has 2 aromatic rings. The molecule has 2 rings (SSSR count). The molecule has 0 aliphatic carbocycles. The fourth-order valence-corrected chi connectivity index (χ4v) is 3.23. The SMILES string of the molecule is CC(=O)c1ccc(NC(=O)C(C)SCc2cc(C)ccc2C)cc1. The van der Waals surface area contributed by atoms with Gasteiger partial charge in [0, 0.05) is 17.0 Å². The standard InChI is InChI=1S/C20H23NO2S/c1-13-5-6-14(2)18(11-13)12-24-16(4)20(23)21-19-9-7-17(8-10-19)15(3)22/h5-11,16H,12H2,1-4H3,(H,21,23). The summed E-state index contributed by atoms with van der Waals surface area (Å²) < 4.78 is 0. The number of carbonyl (C=O) groups excluding carboxylic acids is 2. The van der Waals surface area contributed by atoms with Gasteiger partial charge in [0.2, 0.25) is 5.91 Å². The minimum absolute atomic E-state index is 0.0188. The molecular weight excluding hydrogens is 318 g/mol. The molecule has 1 atom stereocenters. The van der Waals surface area contributed by atoms with Crippen LogP contribution in [0.3, 0.4) is 0 Å². The summed E-state index contributed by atoms with van der Waals surface area (Å²) in [6, 6.07) is 13.4. The number of rotatable bonds is 6. The Labute approximate surface area is 147 Å². The first-order valence-corrected chi connectivity index (χ1v) is 9.01. The highest BCUT2D eigenvalue weighted by atomic mass is 32.2. The minimum atomic E-state index is -0.155. The number of Topliss-reactive ketones (excluding diaryl/α,β-unsaturated/α-hetero) is 1. The molecule has 0 spiro atoms. The maximum atomic E-state index is 12.3. The molecule has 4 heteroatoms. The zero-order valence-corrected chi connectivity index (χ0v) is 15.4. The average Bonchev–Trinajstić information content (AvgIpc) is 2.55. The van der Waals surface area contributed by atoms with E-state index in [2.05, 4.69) is 37.4 Å². The normalized spacial score (nSPS) is 11.8. The van der Waals surface area contributed by atoms with E-state index in [0.717, 1.165) is 5.75 Å². The summed E-state index contributed by atoms with van der Waals surface area (Å²) in [5, 5.41) is 2.74. The van der Waals surface area contributed by atoms with Gasteiger partial charge in [0.25, 0.3) is 0 Å². The molecule has 0 fully saturated rings. The Bertz CT molecular complexity index is 738. The first kappa shape index (κ1) is 18.3. The largest absolute Gasteiger partial charge is 0.325 e. The average molecular weight is 341 g/mol. The van der Waals surface area contributed by atoms with Crippen molar-refractivity contribution in [1.29, 1.82) is 0 Å². The topological polar surface area (TPSA) is 46.2 Å². The number of hydrogen-bond donors (Lipinski definition) is 1. The molecule has 2 aromatic carbocycles. The molecule has 0 aliphatic rings. The Kier molecular flexibility index (Phi) is 6.21. The lowest BCUT2D eigenvalue weighted by Gasteiger charge is -2.13. The summed E-state index contributed by atoms with van der Waals surface area (Å²) in [5.74, 6) is 0.803. The molecule has 126 valence electrons. The summed E-state index contributed by atoms with van der Waals surface area (Å²) in [5.41, 5.74) is 5.11. The van der Waals surface area contributed by atoms with Gasteiger partial charge in [-0.1, -0.05) is 23.8 Å². The third-order valence-corrected chi connectivity index (χ3v) is 5.11. The van der Waals surface area contributed by atoms with E-state index in [0.29, 0.717) is 11.3 Å². The van der Waals surface area contributed by atoms with Crippen molar-refractivity contribution in [2.24, 2.45) is 0 Å². The molecule has 0 radical (unpaired) electrons. The Morgan fingerprint density at radius 2 is 1.75 bits per heavy atom. The van der Waals surface area contributed by atoms with Crippen LogP contribution < -0.4 is 5.32 Å². The number of hydrogen-bond acceptors (Lipinski definition) is 3. The molecule has 1 N–H and O–H groups in total. The van der Waals surface area contributed by atoms with E-state index in [1.807, 2.05) is 6.92 Å². The summed E-state index contributed by atoms with van der Waals surface area (Å²) in [6.07, 6.45) is 0. The molecular formula is C20H23NO2S. The van der Waals surface area contributed by atoms with Gasteiger partial charge < -0.3 is 5.32 Å². The summed E-state index contributed by atoms with van der Waals surface area (Å²) >= 11 is 1.62. The number of anilines is 1. The van der Waals surface area contributed by atoms with E-state index in [1.54, 1.807) is 36.0 Å². The summed E-state index contributed by atoms with van der Waals surface area (Å²) in [6.45, 7) is 7.61. The van der Waals surface area contributed by atoms with Gasteiger partial charge in [0.15, 0.2) is 5.78 Å². The highest BCUT2D eigenvalue weighted by molar-refractivity contribution is 7.99. The smallest absolute Gasteiger partial charge is 0.237 e. The highest BCUT2D eigenvalue weighted by Gasteiger charge is 2.14. The molecule has 1 unspecified atom stereocenters. The fourth-order valence-electron chi connectivity index (χ4n) is 2.28. The Morgan fingerprint density at radius 1 is 1.08 bits per heavy atom. The van der Waals surface area contributed by atoms with Gasteiger partial charge in [0.1, 0.15) is 0 Å². The zero-order chi connectivity index (χ0) is 17.7. The Morgan fingerprint density at radius 3 is 2.38 bits per heavy atom. The summed E-state index contributed by atoms with van der Waals surface area (Å²) in [4.78, 5) is 23.6. The second-order valence-electron chi connectivity index (χ2n) is 6.01. The second-order valence-corrected chi connectivity index (χ2v) is 7.34. The lowest BCUT2D eigenvalue weighted by Crippen LogP contribution is -2.22. The predicted molar refractivity (Wildman–Crippen MR) is 102 cm³/mol. The van der Waals surface area contributed by atoms with Crippen LogP contribution in [0.4, 0.5) is 5.69 Å². The van der Waals surface area contributed by atoms with Gasteiger partial charge in [-0.2, -0.15) is 0 Å². The van der Waals surface area contributed by atoms with Crippen molar-refractivity contribution in [3.63, 3.8) is 0 Å². The third kappa shape index (κ3) is 4.96. The van der Waals surface area contributed by atoms with Crippen molar-refractivity contribution >= 4 is 29.1 Å². The first-order valence-electron chi connectivity index (χ1n) is 7.96. The number of ketones is 1. The molecule has 0 bridgehead atoms. The van der Waals surface area contributed by atoms with E-state index in [4.69, 9.17) is 0 Å². The van der Waals surface area contributed by atoms with E-state index in [1.165, 1.54) is 23.6 Å². The number of thioether (sulfide) groups is 1. The Balaban J connectivity index is 1.92. The van der Waals surface area contributed by atoms with Crippen LogP contribution in [0.1, 0.15) is 40.9 Å². The third-order valence-electron chi connectivity index (χ3n) is 3.92. The van der Waals surface area contributed by atoms with Crippen LogP contribution >= 0.6 is 11.8 Å². The molecule has 0 aromatic heterocycles. The van der Waals surface area contributed by atoms with Gasteiger partial charge >= 0.3 is 0 Å². The number of carbonyl (C=O) groups is 2. The van der Waals surface area contributed by atoms with Crippen LogP contribution in [0.25, 0.3) is 0 Å². The Hall–Kier alpha value is -2.07. The van der Waals surface area contributed by atoms with Crippen LogP contribution in [0.2, 0.25) is 0 Å². The van der Waals surface area contributed by atoms with E-state index in [-0.39, 0.29) is 16.9 Å². The van der Waals surface area contributed by atoms with E-state index in [9.17, 15) is 9.59 Å². The number of benzene rings is 2. The van der Waals surface area contributed by atoms with Crippen LogP contribution in [-0.2, 0) is 10.5 Å². The van der Waals surface area contributed by atoms with Gasteiger partial charge in [-0.05, 0) is 63.1 Å². The van der Waals surface area contributed by atoms with Gasteiger partial charge in [0.05, 0.1) is 5.25 Å². The van der Waals surface area contributed by atoms with Crippen molar-refractivity contribution in [2.75, 3.05) is 5.32 Å². The molecule has 0 heterocycles. The monoisotopic (exact) mass is 341 g/mol. The number of nitrogens with one attached hydrogen (secondary N) is 1. The molecule has 0 aliphatic heterocycles. The van der Waals surface area contributed by atoms with Crippen molar-refractivity contribution < 1.29 is 9.59 Å². The van der Waals surface area contributed by atoms with Gasteiger partial charge in [-0.15, -0.1) is 11.8 Å². The number of amides is 1. The first-order chi connectivity index (χ1) is 11.4. The lowest BCUT2D eigenvalue weighted by molar-refractivity contribution is -0.115. The maximum Gasteiger partial charge on any atom is 0.237 e. The van der Waals surface area contributed by atoms with E-state index >= 15 is 0 Å². The van der Waals surface area contributed by atoms with Crippen molar-refractivity contribution in [1.82, 2.24) is 0 Å². The molecule has 24 heavy (non-hydrogen) atoms. The lowest BCUT2D eigenvalue weighted by atomic mass is 10.1. The van der Waals surface area contributed by atoms with Crippen molar-refractivity contribution in [3.8, 4) is 0 Å². The van der Waals surface area contributed by atoms with Gasteiger partial charge in [-0.3, -0.25) is 9.59 Å². The molecule has 1 amide bonds. The van der Waals surface area contributed by atoms with Crippen molar-refractivity contribution in [2.45, 2.75) is 38.7 Å². The van der Waals surface area contributed by atoms with Crippen LogP contribution in [0.15, 0.2) is 42.5 Å². The molecule has 3 nitrogen and oxygen atoms in total. The minimum Gasteiger partial charge on any atom is -0.325 e. The molecule has 0 saturated carbocycles. The fraction of sp³-hybridized carbons (Fsp3) is 0.300. The van der Waals surface area contributed by atoms with Crippen LogP contribution in [0, 0.1) is 13.8 Å². The molecule has 0 saturated heterocycles. The van der Waals surface area contributed by atoms with Crippen molar-refractivity contribution in [3.05, 3.63) is 64.7 Å². The number of aryl methyl sites for hydroxylation is 2. The quantitative estimate of drug-likeness (QED) is 0.770. The summed E-state index contributed by atoms with van der Waals surface area (Å²) in [7, 11) is 0. The zero-order valence-electron chi connectivity index (χ0n) is 14.6. The highest BCUT2D eigenvalue weighted by Crippen LogP contribution is 2.22. The predicted octanol–water partition coefficient (Wildman–Crippen LogP) is 4.77.